The molecule has 1 amide bonds. The number of amides is 1. The van der Waals surface area contributed by atoms with Crippen LogP contribution in [-0.2, 0) is 0 Å². The zero-order valence-electron chi connectivity index (χ0n) is 6.66. The summed E-state index contributed by atoms with van der Waals surface area (Å²) in [6, 6.07) is 1.62. The lowest BCUT2D eigenvalue weighted by atomic mass is 10.2. The molecule has 0 heterocycles. The van der Waals surface area contributed by atoms with Gasteiger partial charge in [-0.05, 0) is 22.0 Å². The van der Waals surface area contributed by atoms with Gasteiger partial charge in [-0.25, -0.2) is 4.39 Å². The second-order valence-electron chi connectivity index (χ2n) is 2.40. The van der Waals surface area contributed by atoms with Gasteiger partial charge in [0.2, 0.25) is 0 Å². The molecule has 0 aliphatic carbocycles. The van der Waals surface area contributed by atoms with Gasteiger partial charge in [-0.15, -0.1) is 0 Å². The highest BCUT2D eigenvalue weighted by molar-refractivity contribution is 9.10. The molecule has 0 atom stereocenters. The van der Waals surface area contributed by atoms with Crippen molar-refractivity contribution in [1.82, 2.24) is 0 Å². The monoisotopic (exact) mass is 262 g/mol. The van der Waals surface area contributed by atoms with Crippen LogP contribution in [-0.4, -0.2) is 10.8 Å². The Kier molecular flexibility index (Phi) is 2.80. The molecule has 0 bridgehead atoms. The molecule has 0 saturated carbocycles. The van der Waals surface area contributed by atoms with Gasteiger partial charge < -0.3 is 5.73 Å². The van der Waals surface area contributed by atoms with Crippen LogP contribution in [0.4, 0.5) is 10.1 Å². The summed E-state index contributed by atoms with van der Waals surface area (Å²) in [7, 11) is 0. The van der Waals surface area contributed by atoms with E-state index in [1.807, 2.05) is 0 Å². The number of hydrogen-bond acceptors (Lipinski definition) is 3. The van der Waals surface area contributed by atoms with Gasteiger partial charge in [-0.2, -0.15) is 0 Å². The van der Waals surface area contributed by atoms with Crippen molar-refractivity contribution in [2.75, 3.05) is 0 Å². The molecule has 0 aromatic heterocycles. The van der Waals surface area contributed by atoms with Crippen molar-refractivity contribution in [3.63, 3.8) is 0 Å². The zero-order valence-corrected chi connectivity index (χ0v) is 8.25. The maximum Gasteiger partial charge on any atom is 0.286 e. The third-order valence-electron chi connectivity index (χ3n) is 1.50. The fourth-order valence-electron chi connectivity index (χ4n) is 0.865. The van der Waals surface area contributed by atoms with Crippen LogP contribution < -0.4 is 5.73 Å². The minimum absolute atomic E-state index is 0.0118. The van der Waals surface area contributed by atoms with E-state index in [9.17, 15) is 19.3 Å². The summed E-state index contributed by atoms with van der Waals surface area (Å²) in [6.45, 7) is 0. The summed E-state index contributed by atoms with van der Waals surface area (Å²) in [5.41, 5.74) is 4.00. The molecule has 0 spiro atoms. The SMILES string of the molecule is NC(=O)c1cc(Br)c([N+](=O)[O-])cc1F. The topological polar surface area (TPSA) is 86.2 Å². The van der Waals surface area contributed by atoms with Crippen LogP contribution in [0, 0.1) is 15.9 Å². The Bertz CT molecular complexity index is 382. The highest BCUT2D eigenvalue weighted by atomic mass is 79.9. The predicted molar refractivity (Wildman–Crippen MR) is 49.3 cm³/mol. The van der Waals surface area contributed by atoms with Crippen molar-refractivity contribution in [2.45, 2.75) is 0 Å². The summed E-state index contributed by atoms with van der Waals surface area (Å²) in [6.07, 6.45) is 0. The summed E-state index contributed by atoms with van der Waals surface area (Å²) >= 11 is 2.83. The molecule has 0 radical (unpaired) electrons. The first-order valence-corrected chi connectivity index (χ1v) is 4.16. The van der Waals surface area contributed by atoms with Crippen LogP contribution in [0.2, 0.25) is 0 Å². The summed E-state index contributed by atoms with van der Waals surface area (Å²) in [5, 5.41) is 10.3. The van der Waals surface area contributed by atoms with E-state index in [4.69, 9.17) is 5.73 Å². The van der Waals surface area contributed by atoms with Gasteiger partial charge >= 0.3 is 0 Å². The smallest absolute Gasteiger partial charge is 0.286 e. The van der Waals surface area contributed by atoms with E-state index in [0.717, 1.165) is 6.07 Å². The van der Waals surface area contributed by atoms with E-state index < -0.39 is 22.3 Å². The Morgan fingerprint density at radius 2 is 2.14 bits per heavy atom. The number of nitrogens with zero attached hydrogens (tertiary/aromatic N) is 1. The third-order valence-corrected chi connectivity index (χ3v) is 2.13. The molecule has 0 saturated heterocycles. The first-order valence-electron chi connectivity index (χ1n) is 3.36. The third kappa shape index (κ3) is 1.87. The number of rotatable bonds is 2. The quantitative estimate of drug-likeness (QED) is 0.649. The Morgan fingerprint density at radius 3 is 2.57 bits per heavy atom. The van der Waals surface area contributed by atoms with Crippen molar-refractivity contribution in [1.29, 1.82) is 0 Å². The maximum atomic E-state index is 13.0. The van der Waals surface area contributed by atoms with Crippen molar-refractivity contribution >= 4 is 27.5 Å². The number of benzene rings is 1. The van der Waals surface area contributed by atoms with Crippen molar-refractivity contribution in [3.05, 3.63) is 38.1 Å². The van der Waals surface area contributed by atoms with Crippen LogP contribution in [0.1, 0.15) is 10.4 Å². The average Bonchev–Trinajstić information content (AvgIpc) is 2.07. The molecular weight excluding hydrogens is 259 g/mol. The molecule has 0 aliphatic heterocycles. The van der Waals surface area contributed by atoms with Gasteiger partial charge in [0.1, 0.15) is 5.82 Å². The van der Waals surface area contributed by atoms with Gasteiger partial charge in [0, 0.05) is 0 Å². The Hall–Kier alpha value is -1.50. The van der Waals surface area contributed by atoms with Crippen molar-refractivity contribution in [3.8, 4) is 0 Å². The van der Waals surface area contributed by atoms with Gasteiger partial charge in [-0.1, -0.05) is 0 Å². The molecule has 0 unspecified atom stereocenters. The van der Waals surface area contributed by atoms with E-state index in [-0.39, 0.29) is 10.0 Å². The molecule has 5 nitrogen and oxygen atoms in total. The van der Waals surface area contributed by atoms with Crippen LogP contribution in [0.5, 0.6) is 0 Å². The molecular formula is C7H4BrFN2O3. The molecule has 74 valence electrons. The highest BCUT2D eigenvalue weighted by Crippen LogP contribution is 2.27. The van der Waals surface area contributed by atoms with E-state index in [1.165, 1.54) is 0 Å². The fraction of sp³-hybridized carbons (Fsp3) is 0. The Morgan fingerprint density at radius 1 is 1.57 bits per heavy atom. The van der Waals surface area contributed by atoms with E-state index in [2.05, 4.69) is 15.9 Å². The maximum absolute atomic E-state index is 13.0. The van der Waals surface area contributed by atoms with E-state index >= 15 is 0 Å². The van der Waals surface area contributed by atoms with E-state index in [1.54, 1.807) is 0 Å². The average molecular weight is 263 g/mol. The molecule has 0 fully saturated rings. The number of nitrogens with two attached hydrogens (primary N) is 1. The fourth-order valence-corrected chi connectivity index (χ4v) is 1.35. The van der Waals surface area contributed by atoms with Crippen LogP contribution in [0.3, 0.4) is 0 Å². The van der Waals surface area contributed by atoms with Crippen molar-refractivity contribution < 1.29 is 14.1 Å². The molecule has 1 rings (SSSR count). The molecule has 0 aliphatic rings. The van der Waals surface area contributed by atoms with Gasteiger partial charge in [0.25, 0.3) is 11.6 Å². The standard InChI is InChI=1S/C7H4BrFN2O3/c8-4-1-3(7(10)12)5(9)2-6(4)11(13)14/h1-2H,(H2,10,12). The Balaban J connectivity index is 3.38. The van der Waals surface area contributed by atoms with Crippen LogP contribution in [0.15, 0.2) is 16.6 Å². The lowest BCUT2D eigenvalue weighted by molar-refractivity contribution is -0.385. The number of carbonyl (C=O) groups is 1. The second-order valence-corrected chi connectivity index (χ2v) is 3.26. The van der Waals surface area contributed by atoms with Crippen molar-refractivity contribution in [2.24, 2.45) is 5.73 Å². The minimum Gasteiger partial charge on any atom is -0.366 e. The predicted octanol–water partition coefficient (Wildman–Crippen LogP) is 1.60. The summed E-state index contributed by atoms with van der Waals surface area (Å²) in [5.74, 6) is -1.98. The van der Waals surface area contributed by atoms with Gasteiger partial charge in [0.05, 0.1) is 21.0 Å². The highest BCUT2D eigenvalue weighted by Gasteiger charge is 2.18. The molecule has 1 aromatic carbocycles. The lowest BCUT2D eigenvalue weighted by Gasteiger charge is -2.00. The first kappa shape index (κ1) is 10.6. The van der Waals surface area contributed by atoms with E-state index in [0.29, 0.717) is 6.07 Å². The van der Waals surface area contributed by atoms with Gasteiger partial charge in [-0.3, -0.25) is 14.9 Å². The van der Waals surface area contributed by atoms with Gasteiger partial charge in [0.15, 0.2) is 0 Å². The molecule has 14 heavy (non-hydrogen) atoms. The zero-order chi connectivity index (χ0) is 10.9. The minimum atomic E-state index is -1.01. The molecule has 2 N–H and O–H groups in total. The first-order chi connectivity index (χ1) is 6.43. The number of carbonyl (C=O) groups excluding carboxylic acids is 1. The second kappa shape index (κ2) is 3.70. The summed E-state index contributed by atoms with van der Waals surface area (Å²) in [4.78, 5) is 20.2. The number of primary amides is 1. The molecule has 7 heteroatoms. The summed E-state index contributed by atoms with van der Waals surface area (Å²) < 4.78 is 13.0. The molecule has 1 aromatic rings. The number of nitro benzene ring substituents is 1. The number of halogens is 2. The lowest BCUT2D eigenvalue weighted by Crippen LogP contribution is -2.13. The number of hydrogen-bond donors (Lipinski definition) is 1. The Labute approximate surface area is 86.0 Å². The van der Waals surface area contributed by atoms with Crippen LogP contribution in [0.25, 0.3) is 0 Å². The van der Waals surface area contributed by atoms with Crippen LogP contribution >= 0.6 is 15.9 Å². The normalized spacial score (nSPS) is 9.86. The largest absolute Gasteiger partial charge is 0.366 e. The number of nitro groups is 1.